The third-order valence-corrected chi connectivity index (χ3v) is 9.77. The fraction of sp³-hybridized carbons (Fsp3) is 0.357. The molecule has 0 aliphatic rings. The Morgan fingerprint density at radius 2 is 1.44 bits per heavy atom. The Morgan fingerprint density at radius 3 is 2.00 bits per heavy atom. The Balaban J connectivity index is 0.000000598. The molecule has 2 atom stereocenters. The van der Waals surface area contributed by atoms with Crippen LogP contribution in [0.2, 0.25) is 0 Å². The van der Waals surface area contributed by atoms with Gasteiger partial charge in [-0.2, -0.15) is 18.2 Å². The van der Waals surface area contributed by atoms with Gasteiger partial charge < -0.3 is 24.8 Å². The van der Waals surface area contributed by atoms with Crippen molar-refractivity contribution >= 4 is 34.8 Å². The summed E-state index contributed by atoms with van der Waals surface area (Å²) >= 11 is 0. The summed E-state index contributed by atoms with van der Waals surface area (Å²) in [5, 5.41) is 7.21. The van der Waals surface area contributed by atoms with E-state index in [1.54, 1.807) is 5.30 Å². The van der Waals surface area contributed by atoms with Crippen LogP contribution in [0.1, 0.15) is 51.7 Å². The van der Waals surface area contributed by atoms with Crippen molar-refractivity contribution in [1.29, 1.82) is 0 Å². The van der Waals surface area contributed by atoms with Crippen molar-refractivity contribution in [2.75, 3.05) is 0 Å². The van der Waals surface area contributed by atoms with E-state index in [4.69, 9.17) is 0 Å². The van der Waals surface area contributed by atoms with Crippen molar-refractivity contribution in [2.45, 2.75) is 65.7 Å². The van der Waals surface area contributed by atoms with Crippen molar-refractivity contribution in [3.8, 4) is 0 Å². The standard InChI is InChI=1S/C17H24P.C11H11.2ClH.Ti/c1-5-13(3)18(14(4)6-2)17-11-15-9-7-8-10-16(15)12-17;1-8-6-7-9(2)11-5-3-4-10(8)11;;;/h7-14H,5-6H2,1-4H3;3-7H,1-2H3;2*1H;/q2*-1;;;+4/p-2. The van der Waals surface area contributed by atoms with E-state index in [-0.39, 0.29) is 54.5 Å². The van der Waals surface area contributed by atoms with Crippen LogP contribution < -0.4 is 30.1 Å². The van der Waals surface area contributed by atoms with Gasteiger partial charge in [-0.15, -0.1) is 68.8 Å². The molecule has 0 spiro atoms. The third-order valence-electron chi connectivity index (χ3n) is 6.28. The Bertz CT molecular complexity index is 987. The van der Waals surface area contributed by atoms with Crippen LogP contribution in [0.4, 0.5) is 0 Å². The quantitative estimate of drug-likeness (QED) is 0.215. The molecule has 0 radical (unpaired) electrons. The van der Waals surface area contributed by atoms with E-state index in [9.17, 15) is 0 Å². The van der Waals surface area contributed by atoms with E-state index in [2.05, 4.69) is 108 Å². The molecule has 0 fully saturated rings. The molecule has 0 nitrogen and oxygen atoms in total. The number of fused-ring (bicyclic) bond motifs is 2. The summed E-state index contributed by atoms with van der Waals surface area (Å²) in [6, 6.07) is 24.4. The number of aryl methyl sites for hydroxylation is 2. The second kappa shape index (κ2) is 14.6. The molecule has 0 aromatic heterocycles. The predicted molar refractivity (Wildman–Crippen MR) is 135 cm³/mol. The first-order valence-corrected chi connectivity index (χ1v) is 12.5. The van der Waals surface area contributed by atoms with Gasteiger partial charge in [-0.1, -0.05) is 60.2 Å². The number of benzene rings is 2. The molecule has 0 saturated carbocycles. The molecule has 32 heavy (non-hydrogen) atoms. The summed E-state index contributed by atoms with van der Waals surface area (Å²) in [6.45, 7) is 13.8. The number of halogens is 2. The normalized spacial score (nSPS) is 13.1. The minimum Gasteiger partial charge on any atom is -1.00 e. The first-order chi connectivity index (χ1) is 14.0. The van der Waals surface area contributed by atoms with Gasteiger partial charge in [0.15, 0.2) is 0 Å². The average molecular weight is 521 g/mol. The SMILES string of the molecule is CCC(C)P(c1cc2ccccc2[cH-]1)C(C)CC.Cc1ccc(C)c2[cH-]ccc12.[Cl-].[Cl-].[Ti+4]. The van der Waals surface area contributed by atoms with Gasteiger partial charge >= 0.3 is 21.7 Å². The van der Waals surface area contributed by atoms with Gasteiger partial charge in [0.1, 0.15) is 0 Å². The average Bonchev–Trinajstić information content (AvgIpc) is 3.39. The summed E-state index contributed by atoms with van der Waals surface area (Å²) in [7, 11) is -0.0252. The van der Waals surface area contributed by atoms with Gasteiger partial charge in [0.05, 0.1) is 0 Å². The molecule has 0 aliphatic heterocycles. The van der Waals surface area contributed by atoms with E-state index in [0.717, 1.165) is 11.3 Å². The maximum atomic E-state index is 2.43. The Morgan fingerprint density at radius 1 is 0.844 bits per heavy atom. The van der Waals surface area contributed by atoms with Crippen molar-refractivity contribution in [1.82, 2.24) is 0 Å². The summed E-state index contributed by atoms with van der Waals surface area (Å²) in [5.41, 5.74) is 4.39. The van der Waals surface area contributed by atoms with Crippen molar-refractivity contribution in [3.05, 3.63) is 77.9 Å². The summed E-state index contributed by atoms with van der Waals surface area (Å²) < 4.78 is 0. The number of hydrogen-bond acceptors (Lipinski definition) is 0. The van der Waals surface area contributed by atoms with Gasteiger partial charge in [0, 0.05) is 0 Å². The van der Waals surface area contributed by atoms with E-state index in [1.807, 2.05) is 0 Å². The third kappa shape index (κ3) is 7.19. The van der Waals surface area contributed by atoms with Crippen LogP contribution in [0, 0.1) is 13.8 Å². The molecule has 0 N–H and O–H groups in total. The minimum atomic E-state index is -0.0252. The first kappa shape index (κ1) is 31.4. The van der Waals surface area contributed by atoms with E-state index in [0.29, 0.717) is 0 Å². The maximum absolute atomic E-state index is 2.43. The van der Waals surface area contributed by atoms with Gasteiger partial charge in [-0.25, -0.2) is 0 Å². The van der Waals surface area contributed by atoms with Crippen LogP contribution in [-0.4, -0.2) is 11.3 Å². The smallest absolute Gasteiger partial charge is 1.00 e. The molecular weight excluding hydrogens is 486 g/mol. The van der Waals surface area contributed by atoms with E-state index in [1.165, 1.54) is 45.5 Å². The van der Waals surface area contributed by atoms with Gasteiger partial charge in [0.25, 0.3) is 0 Å². The molecule has 4 rings (SSSR count). The van der Waals surface area contributed by atoms with Crippen LogP contribution in [0.15, 0.2) is 66.7 Å². The monoisotopic (exact) mass is 520 g/mol. The largest absolute Gasteiger partial charge is 4.00 e. The van der Waals surface area contributed by atoms with Crippen molar-refractivity contribution in [3.63, 3.8) is 0 Å². The van der Waals surface area contributed by atoms with Crippen LogP contribution in [0.3, 0.4) is 0 Å². The number of rotatable bonds is 5. The molecule has 0 saturated heterocycles. The van der Waals surface area contributed by atoms with Crippen LogP contribution in [0.5, 0.6) is 0 Å². The molecular formula is C28H35Cl2PTi. The molecule has 0 heterocycles. The zero-order valence-corrected chi connectivity index (χ0v) is 24.1. The van der Waals surface area contributed by atoms with E-state index < -0.39 is 0 Å². The van der Waals surface area contributed by atoms with Crippen LogP contribution >= 0.6 is 7.92 Å². The minimum absolute atomic E-state index is 0. The molecule has 0 aliphatic carbocycles. The zero-order chi connectivity index (χ0) is 21.0. The molecule has 0 amide bonds. The molecule has 4 aromatic rings. The predicted octanol–water partition coefficient (Wildman–Crippen LogP) is 2.44. The van der Waals surface area contributed by atoms with Crippen LogP contribution in [-0.2, 0) is 21.7 Å². The molecule has 2 unspecified atom stereocenters. The topological polar surface area (TPSA) is 0 Å². The van der Waals surface area contributed by atoms with Gasteiger partial charge in [-0.05, 0) is 31.1 Å². The fourth-order valence-electron chi connectivity index (χ4n) is 4.16. The van der Waals surface area contributed by atoms with Gasteiger partial charge in [0.2, 0.25) is 0 Å². The Hall–Kier alpha value is -0.616. The summed E-state index contributed by atoms with van der Waals surface area (Å²) in [4.78, 5) is 0. The summed E-state index contributed by atoms with van der Waals surface area (Å²) in [6.07, 6.45) is 2.58. The maximum Gasteiger partial charge on any atom is 4.00 e. The van der Waals surface area contributed by atoms with E-state index >= 15 is 0 Å². The van der Waals surface area contributed by atoms with Gasteiger partial charge in [-0.3, -0.25) is 0 Å². The fourth-order valence-corrected chi connectivity index (χ4v) is 7.41. The molecule has 0 bridgehead atoms. The first-order valence-electron chi connectivity index (χ1n) is 11.0. The Labute approximate surface area is 223 Å². The van der Waals surface area contributed by atoms with Crippen molar-refractivity contribution < 1.29 is 46.5 Å². The zero-order valence-electron chi connectivity index (χ0n) is 20.1. The Kier molecular flexibility index (Phi) is 14.3. The summed E-state index contributed by atoms with van der Waals surface area (Å²) in [5.74, 6) is 0. The second-order valence-corrected chi connectivity index (χ2v) is 11.4. The second-order valence-electron chi connectivity index (χ2n) is 8.32. The molecule has 170 valence electrons. The van der Waals surface area contributed by atoms with Crippen LogP contribution in [0.25, 0.3) is 21.5 Å². The molecule has 4 heteroatoms. The van der Waals surface area contributed by atoms with Crippen molar-refractivity contribution in [2.24, 2.45) is 0 Å². The molecule has 4 aromatic carbocycles. The number of hydrogen-bond donors (Lipinski definition) is 0.